The normalized spacial score (nSPS) is 25.8. The number of methoxy groups -OCH3 is 1. The Bertz CT molecular complexity index is 489. The van der Waals surface area contributed by atoms with E-state index in [1.807, 2.05) is 73.6 Å². The molecule has 1 aliphatic carbocycles. The number of carbonyl (C=O) groups excluding carboxylic acids is 1. The predicted molar refractivity (Wildman–Crippen MR) is 76.0 cm³/mol. The first-order valence-corrected chi connectivity index (χ1v) is 6.29. The molecule has 0 aromatic heterocycles. The van der Waals surface area contributed by atoms with Crippen molar-refractivity contribution in [2.45, 2.75) is 5.72 Å². The Hall–Kier alpha value is -1.71. The highest BCUT2D eigenvalue weighted by atomic mass is 16.5. The fourth-order valence-corrected chi connectivity index (χ4v) is 2.19. The largest absolute Gasteiger partial charge is 0.356 e. The van der Waals surface area contributed by atoms with E-state index in [4.69, 9.17) is 4.74 Å². The minimum atomic E-state index is -0.548. The Kier molecular flexibility index (Phi) is 3.98. The zero-order valence-electron chi connectivity index (χ0n) is 11.5. The van der Waals surface area contributed by atoms with Crippen LogP contribution in [-0.4, -0.2) is 37.6 Å². The first kappa shape index (κ1) is 13.7. The van der Waals surface area contributed by atoms with Gasteiger partial charge in [0.1, 0.15) is 0 Å². The molecule has 1 aromatic rings. The maximum atomic E-state index is 12.3. The van der Waals surface area contributed by atoms with Crippen molar-refractivity contribution >= 4 is 5.78 Å². The summed E-state index contributed by atoms with van der Waals surface area (Å²) >= 11 is 0. The maximum Gasteiger partial charge on any atom is 0.173 e. The van der Waals surface area contributed by atoms with Gasteiger partial charge in [0, 0.05) is 12.7 Å². The van der Waals surface area contributed by atoms with Gasteiger partial charge in [-0.15, -0.1) is 0 Å². The van der Waals surface area contributed by atoms with Crippen molar-refractivity contribution in [3.8, 4) is 0 Å². The maximum absolute atomic E-state index is 12.3. The molecule has 0 saturated carbocycles. The van der Waals surface area contributed by atoms with Gasteiger partial charge in [-0.3, -0.25) is 9.69 Å². The second-order valence-corrected chi connectivity index (χ2v) is 4.82. The molecule has 0 bridgehead atoms. The molecule has 3 heteroatoms. The van der Waals surface area contributed by atoms with Crippen LogP contribution in [-0.2, 0) is 4.74 Å². The zero-order chi connectivity index (χ0) is 13.9. The lowest BCUT2D eigenvalue weighted by molar-refractivity contribution is -0.0359. The Morgan fingerprint density at radius 1 is 1.16 bits per heavy atom. The summed E-state index contributed by atoms with van der Waals surface area (Å²) in [6.07, 6.45) is 7.66. The third kappa shape index (κ3) is 2.67. The van der Waals surface area contributed by atoms with Crippen LogP contribution in [0.1, 0.15) is 10.4 Å². The second-order valence-electron chi connectivity index (χ2n) is 4.82. The molecule has 2 rings (SSSR count). The average Bonchev–Trinajstić information content (AvgIpc) is 2.47. The molecule has 1 aromatic carbocycles. The van der Waals surface area contributed by atoms with Gasteiger partial charge in [-0.25, -0.2) is 0 Å². The van der Waals surface area contributed by atoms with Crippen LogP contribution in [0.5, 0.6) is 0 Å². The summed E-state index contributed by atoms with van der Waals surface area (Å²) in [5.74, 6) is -0.109. The Labute approximate surface area is 114 Å². The molecule has 0 N–H and O–H groups in total. The first-order chi connectivity index (χ1) is 9.09. The third-order valence-corrected chi connectivity index (χ3v) is 3.47. The van der Waals surface area contributed by atoms with Gasteiger partial charge in [0.05, 0.1) is 5.92 Å². The van der Waals surface area contributed by atoms with Crippen LogP contribution in [0.2, 0.25) is 0 Å². The van der Waals surface area contributed by atoms with E-state index in [2.05, 4.69) is 0 Å². The molecule has 0 amide bonds. The molecule has 19 heavy (non-hydrogen) atoms. The molecule has 100 valence electrons. The van der Waals surface area contributed by atoms with Crippen LogP contribution >= 0.6 is 0 Å². The molecule has 0 spiro atoms. The number of hydrogen-bond acceptors (Lipinski definition) is 3. The summed E-state index contributed by atoms with van der Waals surface area (Å²) in [6, 6.07) is 9.35. The number of benzene rings is 1. The summed E-state index contributed by atoms with van der Waals surface area (Å²) in [6.45, 7) is 0. The molecular formula is C16H19NO2. The summed E-state index contributed by atoms with van der Waals surface area (Å²) in [7, 11) is 5.54. The Morgan fingerprint density at radius 3 is 2.21 bits per heavy atom. The molecule has 1 aliphatic rings. The Morgan fingerprint density at radius 2 is 1.74 bits per heavy atom. The number of ketones is 1. The van der Waals surface area contributed by atoms with Gasteiger partial charge in [0.2, 0.25) is 0 Å². The zero-order valence-corrected chi connectivity index (χ0v) is 11.5. The number of rotatable bonds is 4. The minimum Gasteiger partial charge on any atom is -0.356 e. The highest BCUT2D eigenvalue weighted by molar-refractivity contribution is 6.00. The number of likely N-dealkylation sites (N-methyl/N-ethyl adjacent to an activating group) is 1. The van der Waals surface area contributed by atoms with Crippen molar-refractivity contribution in [2.75, 3.05) is 21.2 Å². The smallest absolute Gasteiger partial charge is 0.173 e. The number of nitrogens with zero attached hydrogens (tertiary/aromatic N) is 1. The van der Waals surface area contributed by atoms with Gasteiger partial charge in [0.15, 0.2) is 11.5 Å². The van der Waals surface area contributed by atoms with E-state index < -0.39 is 5.72 Å². The molecule has 0 saturated heterocycles. The van der Waals surface area contributed by atoms with Gasteiger partial charge in [-0.1, -0.05) is 42.5 Å². The quantitative estimate of drug-likeness (QED) is 0.471. The fraction of sp³-hybridized carbons (Fsp3) is 0.312. The minimum absolute atomic E-state index is 0.108. The van der Waals surface area contributed by atoms with E-state index in [0.29, 0.717) is 0 Å². The molecule has 0 unspecified atom stereocenters. The van der Waals surface area contributed by atoms with E-state index >= 15 is 0 Å². The molecule has 0 heterocycles. The van der Waals surface area contributed by atoms with Gasteiger partial charge in [-0.2, -0.15) is 0 Å². The lowest BCUT2D eigenvalue weighted by Gasteiger charge is -2.35. The number of hydrogen-bond donors (Lipinski definition) is 0. The van der Waals surface area contributed by atoms with Crippen LogP contribution in [0.25, 0.3) is 0 Å². The molecule has 0 fully saturated rings. The van der Waals surface area contributed by atoms with Crippen molar-refractivity contribution in [1.29, 1.82) is 0 Å². The summed E-state index contributed by atoms with van der Waals surface area (Å²) in [4.78, 5) is 14.3. The van der Waals surface area contributed by atoms with Crippen molar-refractivity contribution in [1.82, 2.24) is 4.90 Å². The number of ether oxygens (including phenoxy) is 1. The van der Waals surface area contributed by atoms with E-state index in [1.165, 1.54) is 0 Å². The third-order valence-electron chi connectivity index (χ3n) is 3.47. The van der Waals surface area contributed by atoms with Gasteiger partial charge >= 0.3 is 0 Å². The lowest BCUT2D eigenvalue weighted by atomic mass is 9.91. The second kappa shape index (κ2) is 5.51. The van der Waals surface area contributed by atoms with Crippen LogP contribution < -0.4 is 0 Å². The highest BCUT2D eigenvalue weighted by Crippen LogP contribution is 2.25. The topological polar surface area (TPSA) is 29.5 Å². The summed E-state index contributed by atoms with van der Waals surface area (Å²) < 4.78 is 5.51. The predicted octanol–water partition coefficient (Wildman–Crippen LogP) is 2.52. The van der Waals surface area contributed by atoms with Crippen LogP contribution in [0.3, 0.4) is 0 Å². The van der Waals surface area contributed by atoms with E-state index in [-0.39, 0.29) is 11.7 Å². The average molecular weight is 257 g/mol. The van der Waals surface area contributed by atoms with E-state index in [9.17, 15) is 4.79 Å². The van der Waals surface area contributed by atoms with Crippen LogP contribution in [0.15, 0.2) is 54.6 Å². The van der Waals surface area contributed by atoms with Crippen LogP contribution in [0.4, 0.5) is 0 Å². The standard InChI is InChI=1S/C16H19NO2/c1-17(2)16(19-3)11-9-14(10-12-16)15(18)13-7-5-4-6-8-13/h4-12,14H,1-3H3. The SMILES string of the molecule is COC1(N(C)C)C=CC(C(=O)c2ccccc2)C=C1. The molecular weight excluding hydrogens is 238 g/mol. The Balaban J connectivity index is 2.18. The summed E-state index contributed by atoms with van der Waals surface area (Å²) in [5, 5.41) is 0. The number of carbonyl (C=O) groups is 1. The van der Waals surface area contributed by atoms with Gasteiger partial charge < -0.3 is 4.74 Å². The first-order valence-electron chi connectivity index (χ1n) is 6.29. The van der Waals surface area contributed by atoms with Crippen LogP contribution in [0, 0.1) is 5.92 Å². The molecule has 0 aliphatic heterocycles. The fourth-order valence-electron chi connectivity index (χ4n) is 2.19. The molecule has 0 atom stereocenters. The van der Waals surface area contributed by atoms with E-state index in [0.717, 1.165) is 5.56 Å². The highest BCUT2D eigenvalue weighted by Gasteiger charge is 2.30. The molecule has 3 nitrogen and oxygen atoms in total. The van der Waals surface area contributed by atoms with E-state index in [1.54, 1.807) is 7.11 Å². The number of Topliss-reactive ketones (excluding diaryl/α,β-unsaturated/α-hetero) is 1. The van der Waals surface area contributed by atoms with Crippen molar-refractivity contribution < 1.29 is 9.53 Å². The van der Waals surface area contributed by atoms with Crippen molar-refractivity contribution in [3.05, 3.63) is 60.2 Å². The van der Waals surface area contributed by atoms with Gasteiger partial charge in [0.25, 0.3) is 0 Å². The summed E-state index contributed by atoms with van der Waals surface area (Å²) in [5.41, 5.74) is 0.185. The molecule has 0 radical (unpaired) electrons. The lowest BCUT2D eigenvalue weighted by Crippen LogP contribution is -2.43. The number of allylic oxidation sites excluding steroid dienone is 2. The monoisotopic (exact) mass is 257 g/mol. The van der Waals surface area contributed by atoms with Crippen molar-refractivity contribution in [3.63, 3.8) is 0 Å². The van der Waals surface area contributed by atoms with Crippen molar-refractivity contribution in [2.24, 2.45) is 5.92 Å². The van der Waals surface area contributed by atoms with Gasteiger partial charge in [-0.05, 0) is 26.2 Å².